The van der Waals surface area contributed by atoms with Gasteiger partial charge in [-0.25, -0.2) is 0 Å². The SMILES string of the molecule is C=C/C(=C\C=C(/C)OCCN1CC2(CCC(=O)N2)C1)c1cccc(-c2cccc(COc3nc(OCc4cc(C#N)cc(C#N)c4)c(CNC[C@@H](O)CC(=O)O)cc3Cl)c2Cl)c1Cl. The van der Waals surface area contributed by atoms with Gasteiger partial charge in [0.1, 0.15) is 24.8 Å². The zero-order chi connectivity index (χ0) is 45.1. The molecule has 0 radical (unpaired) electrons. The number of carbonyl (C=O) groups excluding carboxylic acids is 1. The minimum atomic E-state index is -1.14. The number of allylic oxidation sites excluding steroid dienone is 5. The van der Waals surface area contributed by atoms with Crippen LogP contribution in [-0.2, 0) is 34.1 Å². The maximum atomic E-state index is 11.6. The van der Waals surface area contributed by atoms with Crippen LogP contribution in [0.4, 0.5) is 0 Å². The van der Waals surface area contributed by atoms with Gasteiger partial charge in [0.2, 0.25) is 17.7 Å². The molecule has 16 heteroatoms. The summed E-state index contributed by atoms with van der Waals surface area (Å²) in [6, 6.07) is 21.5. The molecule has 13 nitrogen and oxygen atoms in total. The zero-order valence-electron chi connectivity index (χ0n) is 34.4. The zero-order valence-corrected chi connectivity index (χ0v) is 36.7. The summed E-state index contributed by atoms with van der Waals surface area (Å²) in [6.45, 7) is 8.86. The van der Waals surface area contributed by atoms with Crippen LogP contribution in [0.5, 0.6) is 11.8 Å². The van der Waals surface area contributed by atoms with Crippen molar-refractivity contribution in [2.24, 2.45) is 0 Å². The van der Waals surface area contributed by atoms with Crippen LogP contribution in [0.1, 0.15) is 59.6 Å². The Hall–Kier alpha value is -5.90. The Morgan fingerprint density at radius 3 is 2.37 bits per heavy atom. The third-order valence-electron chi connectivity index (χ3n) is 10.5. The lowest BCUT2D eigenvalue weighted by atomic mass is 9.88. The van der Waals surface area contributed by atoms with Crippen molar-refractivity contribution in [1.82, 2.24) is 20.5 Å². The molecular formula is C47H45Cl3N6O7. The Morgan fingerprint density at radius 1 is 1.00 bits per heavy atom. The van der Waals surface area contributed by atoms with E-state index in [-0.39, 0.29) is 54.5 Å². The molecule has 63 heavy (non-hydrogen) atoms. The fourth-order valence-electron chi connectivity index (χ4n) is 7.40. The van der Waals surface area contributed by atoms with Gasteiger partial charge in [0.05, 0.1) is 57.1 Å². The lowest BCUT2D eigenvalue weighted by molar-refractivity contribution is -0.139. The second-order valence-corrected chi connectivity index (χ2v) is 16.4. The second-order valence-electron chi connectivity index (χ2n) is 15.3. The molecule has 1 spiro atoms. The molecule has 6 rings (SSSR count). The minimum Gasteiger partial charge on any atom is -0.497 e. The van der Waals surface area contributed by atoms with E-state index in [1.54, 1.807) is 30.3 Å². The summed E-state index contributed by atoms with van der Waals surface area (Å²) in [7, 11) is 0. The van der Waals surface area contributed by atoms with Gasteiger partial charge in [0, 0.05) is 67.0 Å². The Kier molecular flexibility index (Phi) is 15.9. The number of likely N-dealkylation sites (tertiary alicyclic amines) is 1. The van der Waals surface area contributed by atoms with Crippen LogP contribution in [0.3, 0.4) is 0 Å². The summed E-state index contributed by atoms with van der Waals surface area (Å²) >= 11 is 20.8. The van der Waals surface area contributed by atoms with Crippen LogP contribution in [0.2, 0.25) is 15.1 Å². The Bertz CT molecular complexity index is 2490. The van der Waals surface area contributed by atoms with Crippen LogP contribution in [0.25, 0.3) is 16.7 Å². The first kappa shape index (κ1) is 46.6. The number of carbonyl (C=O) groups is 2. The fraction of sp³-hybridized carbons (Fsp3) is 0.298. The molecule has 2 aliphatic heterocycles. The van der Waals surface area contributed by atoms with Crippen molar-refractivity contribution in [2.75, 3.05) is 32.8 Å². The number of aromatic nitrogens is 1. The highest BCUT2D eigenvalue weighted by molar-refractivity contribution is 6.38. The van der Waals surface area contributed by atoms with Gasteiger partial charge < -0.3 is 35.1 Å². The molecule has 1 aromatic heterocycles. The maximum Gasteiger partial charge on any atom is 0.306 e. The van der Waals surface area contributed by atoms with Crippen molar-refractivity contribution in [1.29, 1.82) is 10.5 Å². The first-order valence-electron chi connectivity index (χ1n) is 20.0. The highest BCUT2D eigenvalue weighted by atomic mass is 35.5. The number of carboxylic acid groups (broad SMARTS) is 1. The smallest absolute Gasteiger partial charge is 0.306 e. The quantitative estimate of drug-likeness (QED) is 0.0495. The third kappa shape index (κ3) is 12.2. The number of ether oxygens (including phenoxy) is 3. The number of nitrogens with one attached hydrogen (secondary N) is 2. The number of nitriles is 2. The highest BCUT2D eigenvalue weighted by Gasteiger charge is 2.47. The van der Waals surface area contributed by atoms with Gasteiger partial charge in [0.15, 0.2) is 0 Å². The molecule has 4 N–H and O–H groups in total. The summed E-state index contributed by atoms with van der Waals surface area (Å²) in [5.74, 6) is -0.126. The van der Waals surface area contributed by atoms with Crippen molar-refractivity contribution < 1.29 is 34.0 Å². The van der Waals surface area contributed by atoms with Gasteiger partial charge in [-0.3, -0.25) is 14.5 Å². The molecule has 4 aromatic rings. The largest absolute Gasteiger partial charge is 0.497 e. The van der Waals surface area contributed by atoms with Crippen molar-refractivity contribution in [3.05, 3.63) is 140 Å². The topological polar surface area (TPSA) is 190 Å². The number of benzene rings is 3. The van der Waals surface area contributed by atoms with Gasteiger partial charge in [-0.15, -0.1) is 0 Å². The molecule has 3 heterocycles. The van der Waals surface area contributed by atoms with Gasteiger partial charge in [-0.2, -0.15) is 15.5 Å². The number of rotatable bonds is 20. The average Bonchev–Trinajstić information content (AvgIpc) is 3.65. The number of hydrogen-bond acceptors (Lipinski definition) is 11. The molecule has 0 aliphatic carbocycles. The lowest BCUT2D eigenvalue weighted by Crippen LogP contribution is -2.67. The summed E-state index contributed by atoms with van der Waals surface area (Å²) in [5, 5.41) is 45.1. The Morgan fingerprint density at radius 2 is 1.70 bits per heavy atom. The number of amides is 1. The normalized spacial score (nSPS) is 15.2. The number of aliphatic carboxylic acids is 1. The van der Waals surface area contributed by atoms with Crippen molar-refractivity contribution >= 4 is 52.3 Å². The summed E-state index contributed by atoms with van der Waals surface area (Å²) < 4.78 is 18.2. The predicted octanol–water partition coefficient (Wildman–Crippen LogP) is 7.99. The highest BCUT2D eigenvalue weighted by Crippen LogP contribution is 2.40. The standard InChI is InChI=1S/C47H45Cl3N6O7/c1-3-33(11-10-29(2)61-15-14-56-27-47(28-56)13-12-41(58)55-47)37-7-5-9-39(44(37)50)38-8-4-6-34(43(38)49)26-63-46-40(48)19-35(23-53-24-36(57)20-42(59)60)45(54-46)62-25-32-17-30(21-51)16-31(18-32)22-52/h3-11,16-19,36,53,57H,1,12-15,20,23-28H2,2H3,(H,55,58)(H,59,60)/b29-10+,33-11+/t36-/m0/s1. The number of aliphatic hydroxyl groups is 1. The van der Waals surface area contributed by atoms with Gasteiger partial charge in [-0.05, 0) is 54.8 Å². The third-order valence-corrected chi connectivity index (χ3v) is 11.6. The summed E-state index contributed by atoms with van der Waals surface area (Å²) in [4.78, 5) is 29.5. The van der Waals surface area contributed by atoms with E-state index in [9.17, 15) is 25.2 Å². The van der Waals surface area contributed by atoms with E-state index in [0.717, 1.165) is 43.0 Å². The van der Waals surface area contributed by atoms with Crippen LogP contribution in [0, 0.1) is 22.7 Å². The number of hydrogen-bond donors (Lipinski definition) is 4. The molecule has 326 valence electrons. The van der Waals surface area contributed by atoms with Crippen molar-refractivity contribution in [2.45, 2.75) is 57.6 Å². The number of nitrogens with zero attached hydrogens (tertiary/aromatic N) is 4. The van der Waals surface area contributed by atoms with E-state index in [1.165, 1.54) is 6.07 Å². The summed E-state index contributed by atoms with van der Waals surface area (Å²) in [5.41, 5.74) is 5.04. The number of aliphatic hydroxyl groups excluding tert-OH is 1. The molecule has 1 amide bonds. The average molecular weight is 912 g/mol. The van der Waals surface area contributed by atoms with E-state index in [0.29, 0.717) is 62.0 Å². The van der Waals surface area contributed by atoms with E-state index >= 15 is 0 Å². The van der Waals surface area contributed by atoms with Gasteiger partial charge in [0.25, 0.3) is 0 Å². The number of carboxylic acids is 1. The predicted molar refractivity (Wildman–Crippen MR) is 240 cm³/mol. The van der Waals surface area contributed by atoms with Crippen molar-refractivity contribution in [3.8, 4) is 35.0 Å². The van der Waals surface area contributed by atoms with Crippen LogP contribution < -0.4 is 20.1 Å². The lowest BCUT2D eigenvalue weighted by Gasteiger charge is -2.47. The molecule has 0 unspecified atom stereocenters. The Balaban J connectivity index is 1.15. The van der Waals surface area contributed by atoms with E-state index in [2.05, 4.69) is 27.1 Å². The molecule has 2 aliphatic rings. The van der Waals surface area contributed by atoms with E-state index < -0.39 is 18.5 Å². The van der Waals surface area contributed by atoms with Crippen LogP contribution >= 0.6 is 34.8 Å². The molecular weight excluding hydrogens is 867 g/mol. The van der Waals surface area contributed by atoms with E-state index in [1.807, 2.05) is 61.5 Å². The number of pyridine rings is 1. The molecule has 0 saturated carbocycles. The second kappa shape index (κ2) is 21.5. The first-order valence-corrected chi connectivity index (χ1v) is 21.2. The molecule has 1 atom stereocenters. The molecule has 3 aromatic carbocycles. The molecule has 2 saturated heterocycles. The monoisotopic (exact) mass is 910 g/mol. The maximum absolute atomic E-state index is 11.6. The first-order chi connectivity index (χ1) is 30.3. The van der Waals surface area contributed by atoms with Gasteiger partial charge in [-0.1, -0.05) is 89.9 Å². The molecule has 0 bridgehead atoms. The van der Waals surface area contributed by atoms with Crippen molar-refractivity contribution in [3.63, 3.8) is 0 Å². The summed E-state index contributed by atoms with van der Waals surface area (Å²) in [6.07, 6.45) is 5.42. The molecule has 2 fully saturated rings. The minimum absolute atomic E-state index is 0.0271. The van der Waals surface area contributed by atoms with E-state index in [4.69, 9.17) is 54.1 Å². The number of halogens is 3. The fourth-order valence-corrected chi connectivity index (χ4v) is 8.24. The van der Waals surface area contributed by atoms with Crippen LogP contribution in [0.15, 0.2) is 91.2 Å². The van der Waals surface area contributed by atoms with Gasteiger partial charge >= 0.3 is 5.97 Å². The van der Waals surface area contributed by atoms with Crippen LogP contribution in [-0.4, -0.2) is 76.4 Å². The Labute approximate surface area is 380 Å².